The lowest BCUT2D eigenvalue weighted by Gasteiger charge is -2.05. The number of hydrogen-bond acceptors (Lipinski definition) is 3. The van der Waals surface area contributed by atoms with E-state index in [1.54, 1.807) is 7.11 Å². The molecule has 2 nitrogen and oxygen atoms in total. The van der Waals surface area contributed by atoms with Gasteiger partial charge in [0.1, 0.15) is 0 Å². The van der Waals surface area contributed by atoms with Crippen molar-refractivity contribution in [2.75, 3.05) is 38.3 Å². The Balaban J connectivity index is 2.85. The summed E-state index contributed by atoms with van der Waals surface area (Å²) in [6.07, 6.45) is 2.62. The molecule has 0 aromatic carbocycles. The van der Waals surface area contributed by atoms with Crippen molar-refractivity contribution in [3.63, 3.8) is 0 Å². The van der Waals surface area contributed by atoms with Crippen LogP contribution in [0.2, 0.25) is 0 Å². The fourth-order valence-corrected chi connectivity index (χ4v) is 2.21. The predicted molar refractivity (Wildman–Crippen MR) is 66.1 cm³/mol. The van der Waals surface area contributed by atoms with Crippen molar-refractivity contribution in [2.24, 2.45) is 5.92 Å². The van der Waals surface area contributed by atoms with Crippen molar-refractivity contribution >= 4 is 11.8 Å². The number of nitrogens with one attached hydrogen (secondary N) is 1. The van der Waals surface area contributed by atoms with Crippen molar-refractivity contribution < 1.29 is 4.74 Å². The van der Waals surface area contributed by atoms with Gasteiger partial charge in [0.15, 0.2) is 0 Å². The van der Waals surface area contributed by atoms with Gasteiger partial charge < -0.3 is 10.1 Å². The van der Waals surface area contributed by atoms with E-state index in [4.69, 9.17) is 4.74 Å². The first kappa shape index (κ1) is 14.3. The highest BCUT2D eigenvalue weighted by molar-refractivity contribution is 7.99. The highest BCUT2D eigenvalue weighted by Gasteiger charge is 1.94. The fourth-order valence-electron chi connectivity index (χ4n) is 1.02. The summed E-state index contributed by atoms with van der Waals surface area (Å²) in [5, 5.41) is 3.35. The second kappa shape index (κ2) is 11.3. The van der Waals surface area contributed by atoms with Gasteiger partial charge in [-0.15, -0.1) is 0 Å². The summed E-state index contributed by atoms with van der Waals surface area (Å²) in [7, 11) is 1.74. The van der Waals surface area contributed by atoms with Gasteiger partial charge in [-0.25, -0.2) is 0 Å². The van der Waals surface area contributed by atoms with E-state index in [9.17, 15) is 0 Å². The molecular formula is C11H25NOS. The number of ether oxygens (including phenoxy) is 1. The maximum absolute atomic E-state index is 4.95. The lowest BCUT2D eigenvalue weighted by molar-refractivity contribution is 0.199. The highest BCUT2D eigenvalue weighted by Crippen LogP contribution is 2.09. The van der Waals surface area contributed by atoms with Gasteiger partial charge in [0.05, 0.1) is 6.61 Å². The van der Waals surface area contributed by atoms with Crippen LogP contribution in [0.5, 0.6) is 0 Å². The molecular weight excluding hydrogens is 194 g/mol. The first-order valence-electron chi connectivity index (χ1n) is 5.54. The molecule has 0 aliphatic heterocycles. The molecule has 3 heteroatoms. The van der Waals surface area contributed by atoms with Gasteiger partial charge in [-0.05, 0) is 36.8 Å². The average molecular weight is 219 g/mol. The summed E-state index contributed by atoms with van der Waals surface area (Å²) in [5.74, 6) is 3.45. The van der Waals surface area contributed by atoms with E-state index in [1.165, 1.54) is 24.3 Å². The topological polar surface area (TPSA) is 21.3 Å². The van der Waals surface area contributed by atoms with Crippen molar-refractivity contribution in [3.8, 4) is 0 Å². The average Bonchev–Trinajstić information content (AvgIpc) is 2.15. The van der Waals surface area contributed by atoms with Crippen LogP contribution in [0.3, 0.4) is 0 Å². The molecule has 0 amide bonds. The van der Waals surface area contributed by atoms with Crippen LogP contribution in [-0.4, -0.2) is 38.3 Å². The molecule has 86 valence electrons. The van der Waals surface area contributed by atoms with Gasteiger partial charge in [0.25, 0.3) is 0 Å². The Hall–Kier alpha value is 0.270. The van der Waals surface area contributed by atoms with Crippen molar-refractivity contribution in [1.82, 2.24) is 5.32 Å². The molecule has 0 atom stereocenters. The van der Waals surface area contributed by atoms with Crippen LogP contribution in [0, 0.1) is 5.92 Å². The zero-order valence-corrected chi connectivity index (χ0v) is 10.7. The van der Waals surface area contributed by atoms with Crippen molar-refractivity contribution in [3.05, 3.63) is 0 Å². The summed E-state index contributed by atoms with van der Waals surface area (Å²) < 4.78 is 4.95. The van der Waals surface area contributed by atoms with Crippen LogP contribution in [-0.2, 0) is 4.74 Å². The first-order valence-corrected chi connectivity index (χ1v) is 6.70. The second-order valence-electron chi connectivity index (χ2n) is 3.89. The molecule has 0 aliphatic carbocycles. The molecule has 0 spiro atoms. The third-order valence-electron chi connectivity index (χ3n) is 1.96. The first-order chi connectivity index (χ1) is 6.77. The Labute approximate surface area is 93.2 Å². The Morgan fingerprint density at radius 2 is 2.00 bits per heavy atom. The Kier molecular flexibility index (Phi) is 11.6. The van der Waals surface area contributed by atoms with E-state index in [0.717, 1.165) is 25.6 Å². The van der Waals surface area contributed by atoms with E-state index < -0.39 is 0 Å². The smallest absolute Gasteiger partial charge is 0.0587 e. The van der Waals surface area contributed by atoms with Crippen LogP contribution in [0.15, 0.2) is 0 Å². The largest absolute Gasteiger partial charge is 0.383 e. The summed E-state index contributed by atoms with van der Waals surface area (Å²) in [6.45, 7) is 7.49. The van der Waals surface area contributed by atoms with Crippen LogP contribution >= 0.6 is 11.8 Å². The number of rotatable bonds is 10. The van der Waals surface area contributed by atoms with E-state index in [-0.39, 0.29) is 0 Å². The van der Waals surface area contributed by atoms with Gasteiger partial charge >= 0.3 is 0 Å². The zero-order chi connectivity index (χ0) is 10.6. The number of thioether (sulfide) groups is 1. The fraction of sp³-hybridized carbons (Fsp3) is 1.00. The van der Waals surface area contributed by atoms with Crippen molar-refractivity contribution in [2.45, 2.75) is 26.7 Å². The quantitative estimate of drug-likeness (QED) is 0.570. The minimum absolute atomic E-state index is 0.820. The monoisotopic (exact) mass is 219 g/mol. The van der Waals surface area contributed by atoms with E-state index in [1.807, 2.05) is 0 Å². The molecule has 0 aromatic rings. The molecule has 14 heavy (non-hydrogen) atoms. The van der Waals surface area contributed by atoms with Gasteiger partial charge in [0, 0.05) is 13.7 Å². The predicted octanol–water partition coefficient (Wildman–Crippen LogP) is 2.39. The molecule has 0 unspecified atom stereocenters. The number of hydrogen-bond donors (Lipinski definition) is 1. The van der Waals surface area contributed by atoms with Gasteiger partial charge in [-0.2, -0.15) is 11.8 Å². The molecule has 0 aromatic heterocycles. The zero-order valence-electron chi connectivity index (χ0n) is 9.84. The van der Waals surface area contributed by atoms with Crippen LogP contribution < -0.4 is 5.32 Å². The Morgan fingerprint density at radius 1 is 1.21 bits per heavy atom. The summed E-state index contributed by atoms with van der Waals surface area (Å²) in [5.41, 5.74) is 0. The SMILES string of the molecule is COCCNCCCSCCC(C)C. The number of methoxy groups -OCH3 is 1. The molecule has 0 radical (unpaired) electrons. The van der Waals surface area contributed by atoms with E-state index >= 15 is 0 Å². The molecule has 0 bridgehead atoms. The van der Waals surface area contributed by atoms with E-state index in [0.29, 0.717) is 0 Å². The molecule has 0 fully saturated rings. The van der Waals surface area contributed by atoms with Gasteiger partial charge in [-0.1, -0.05) is 13.8 Å². The van der Waals surface area contributed by atoms with E-state index in [2.05, 4.69) is 30.9 Å². The highest BCUT2D eigenvalue weighted by atomic mass is 32.2. The molecule has 0 heterocycles. The third-order valence-corrected chi connectivity index (χ3v) is 3.07. The lowest BCUT2D eigenvalue weighted by Crippen LogP contribution is -2.20. The van der Waals surface area contributed by atoms with Crippen LogP contribution in [0.4, 0.5) is 0 Å². The maximum atomic E-state index is 4.95. The third kappa shape index (κ3) is 12.3. The molecule has 0 saturated carbocycles. The van der Waals surface area contributed by atoms with Crippen LogP contribution in [0.25, 0.3) is 0 Å². The summed E-state index contributed by atoms with van der Waals surface area (Å²) in [6, 6.07) is 0. The molecule has 0 rings (SSSR count). The summed E-state index contributed by atoms with van der Waals surface area (Å²) in [4.78, 5) is 0. The molecule has 0 aliphatic rings. The molecule has 1 N–H and O–H groups in total. The van der Waals surface area contributed by atoms with Gasteiger partial charge in [0.2, 0.25) is 0 Å². The lowest BCUT2D eigenvalue weighted by atomic mass is 10.2. The normalized spacial score (nSPS) is 11.1. The Morgan fingerprint density at radius 3 is 2.64 bits per heavy atom. The minimum atomic E-state index is 0.820. The summed E-state index contributed by atoms with van der Waals surface area (Å²) >= 11 is 2.07. The maximum Gasteiger partial charge on any atom is 0.0587 e. The molecule has 0 saturated heterocycles. The Bertz CT molecular complexity index is 109. The van der Waals surface area contributed by atoms with Gasteiger partial charge in [-0.3, -0.25) is 0 Å². The second-order valence-corrected chi connectivity index (χ2v) is 5.12. The minimum Gasteiger partial charge on any atom is -0.383 e. The standard InChI is InChI=1S/C11H25NOS/c1-11(2)5-10-14-9-4-6-12-7-8-13-3/h11-12H,4-10H2,1-3H3. The van der Waals surface area contributed by atoms with Crippen molar-refractivity contribution in [1.29, 1.82) is 0 Å². The van der Waals surface area contributed by atoms with Crippen LogP contribution in [0.1, 0.15) is 26.7 Å².